The number of nitrogens with one attached hydrogen (secondary N) is 1. The summed E-state index contributed by atoms with van der Waals surface area (Å²) in [6.45, 7) is 3.90. The fourth-order valence-electron chi connectivity index (χ4n) is 1.84. The van der Waals surface area contributed by atoms with Crippen LogP contribution in [0.1, 0.15) is 25.5 Å². The Morgan fingerprint density at radius 2 is 2.21 bits per heavy atom. The van der Waals surface area contributed by atoms with E-state index in [0.717, 1.165) is 19.4 Å². The van der Waals surface area contributed by atoms with Crippen LogP contribution in [0, 0.1) is 5.92 Å². The highest BCUT2D eigenvalue weighted by atomic mass is 79.9. The fraction of sp³-hybridized carbons (Fsp3) is 0.667. The van der Waals surface area contributed by atoms with E-state index in [1.807, 2.05) is 6.92 Å². The van der Waals surface area contributed by atoms with Gasteiger partial charge in [0, 0.05) is 19.7 Å². The van der Waals surface area contributed by atoms with Crippen LogP contribution in [0.25, 0.3) is 0 Å². The van der Waals surface area contributed by atoms with Gasteiger partial charge in [-0.25, -0.2) is 12.7 Å². The zero-order chi connectivity index (χ0) is 14.0. The third-order valence-corrected chi connectivity index (χ3v) is 5.84. The molecule has 0 saturated heterocycles. The summed E-state index contributed by atoms with van der Waals surface area (Å²) in [5.41, 5.74) is 0. The number of nitrogens with zero attached hydrogens (tertiary/aromatic N) is 1. The van der Waals surface area contributed by atoms with Crippen LogP contribution >= 0.6 is 15.9 Å². The van der Waals surface area contributed by atoms with Crippen LogP contribution in [-0.2, 0) is 16.6 Å². The molecule has 108 valence electrons. The molecule has 7 heteroatoms. The lowest BCUT2D eigenvalue weighted by atomic mass is 10.4. The minimum atomic E-state index is -3.46. The second kappa shape index (κ2) is 5.95. The van der Waals surface area contributed by atoms with Crippen LogP contribution in [0.15, 0.2) is 20.0 Å². The van der Waals surface area contributed by atoms with Crippen LogP contribution in [0.2, 0.25) is 0 Å². The lowest BCUT2D eigenvalue weighted by molar-refractivity contribution is 0.444. The SMILES string of the molecule is CCNCc1cc(S(=O)(=O)N(C)CC2CC2)c(Br)o1. The van der Waals surface area contributed by atoms with E-state index in [2.05, 4.69) is 21.2 Å². The Kier molecular flexibility index (Phi) is 4.70. The third-order valence-electron chi connectivity index (χ3n) is 3.16. The van der Waals surface area contributed by atoms with Crippen molar-refractivity contribution in [1.82, 2.24) is 9.62 Å². The van der Waals surface area contributed by atoms with E-state index in [1.54, 1.807) is 13.1 Å². The van der Waals surface area contributed by atoms with E-state index in [0.29, 0.717) is 24.8 Å². The first-order valence-corrected chi connectivity index (χ1v) is 8.63. The standard InChI is InChI=1S/C12H19BrN2O3S/c1-3-14-7-10-6-11(12(13)18-10)19(16,17)15(2)8-9-4-5-9/h6,9,14H,3-5,7-8H2,1-2H3. The van der Waals surface area contributed by atoms with Gasteiger partial charge in [-0.3, -0.25) is 0 Å². The van der Waals surface area contributed by atoms with Crippen molar-refractivity contribution in [3.8, 4) is 0 Å². The molecule has 5 nitrogen and oxygen atoms in total. The minimum Gasteiger partial charge on any atom is -0.452 e. The first kappa shape index (κ1) is 15.0. The molecule has 1 heterocycles. The molecule has 0 spiro atoms. The molecule has 19 heavy (non-hydrogen) atoms. The highest BCUT2D eigenvalue weighted by Gasteiger charge is 2.31. The van der Waals surface area contributed by atoms with E-state index in [4.69, 9.17) is 4.42 Å². The largest absolute Gasteiger partial charge is 0.452 e. The Morgan fingerprint density at radius 1 is 1.53 bits per heavy atom. The summed E-state index contributed by atoms with van der Waals surface area (Å²) in [7, 11) is -1.84. The van der Waals surface area contributed by atoms with Crippen LogP contribution in [0.4, 0.5) is 0 Å². The van der Waals surface area contributed by atoms with E-state index in [9.17, 15) is 8.42 Å². The molecule has 1 aliphatic rings. The van der Waals surface area contributed by atoms with E-state index in [-0.39, 0.29) is 9.56 Å². The minimum absolute atomic E-state index is 0.212. The highest BCUT2D eigenvalue weighted by Crippen LogP contribution is 2.33. The smallest absolute Gasteiger partial charge is 0.247 e. The van der Waals surface area contributed by atoms with Gasteiger partial charge in [0.1, 0.15) is 10.7 Å². The highest BCUT2D eigenvalue weighted by molar-refractivity contribution is 9.10. The van der Waals surface area contributed by atoms with Gasteiger partial charge < -0.3 is 9.73 Å². The Labute approximate surface area is 122 Å². The summed E-state index contributed by atoms with van der Waals surface area (Å²) in [5.74, 6) is 1.14. The monoisotopic (exact) mass is 350 g/mol. The van der Waals surface area contributed by atoms with Gasteiger partial charge in [-0.2, -0.15) is 0 Å². The molecule has 0 amide bonds. The second-order valence-electron chi connectivity index (χ2n) is 4.86. The topological polar surface area (TPSA) is 62.6 Å². The van der Waals surface area contributed by atoms with Crippen molar-refractivity contribution in [1.29, 1.82) is 0 Å². The molecule has 0 aliphatic heterocycles. The van der Waals surface area contributed by atoms with Crippen molar-refractivity contribution in [2.75, 3.05) is 20.1 Å². The lowest BCUT2D eigenvalue weighted by Gasteiger charge is -2.15. The van der Waals surface area contributed by atoms with Gasteiger partial charge in [0.25, 0.3) is 0 Å². The molecule has 0 aromatic carbocycles. The fourth-order valence-corrected chi connectivity index (χ4v) is 4.04. The molecule has 0 unspecified atom stereocenters. The molecule has 0 atom stereocenters. The zero-order valence-corrected chi connectivity index (χ0v) is 13.6. The Balaban J connectivity index is 2.16. The van der Waals surface area contributed by atoms with Gasteiger partial charge in [0.2, 0.25) is 10.0 Å². The Hall–Kier alpha value is -0.370. The maximum absolute atomic E-state index is 12.4. The molecule has 1 aromatic heterocycles. The van der Waals surface area contributed by atoms with Crippen molar-refractivity contribution in [3.63, 3.8) is 0 Å². The molecule has 0 radical (unpaired) electrons. The Bertz CT molecular complexity index is 537. The van der Waals surface area contributed by atoms with Crippen LogP contribution in [-0.4, -0.2) is 32.9 Å². The first-order chi connectivity index (χ1) is 8.95. The van der Waals surface area contributed by atoms with E-state index < -0.39 is 10.0 Å². The summed E-state index contributed by atoms with van der Waals surface area (Å²) in [5, 5.41) is 3.10. The summed E-state index contributed by atoms with van der Waals surface area (Å²) in [6, 6.07) is 1.59. The van der Waals surface area contributed by atoms with Gasteiger partial charge in [-0.15, -0.1) is 0 Å². The summed E-state index contributed by atoms with van der Waals surface area (Å²) < 4.78 is 32.0. The Morgan fingerprint density at radius 3 is 2.79 bits per heavy atom. The molecule has 1 aromatic rings. The summed E-state index contributed by atoms with van der Waals surface area (Å²) in [6.07, 6.45) is 2.25. The number of halogens is 1. The van der Waals surface area contributed by atoms with Gasteiger partial charge in [-0.1, -0.05) is 6.92 Å². The molecule has 2 rings (SSSR count). The van der Waals surface area contributed by atoms with E-state index in [1.165, 1.54) is 4.31 Å². The quantitative estimate of drug-likeness (QED) is 0.818. The predicted octanol–water partition coefficient (Wildman–Crippen LogP) is 2.18. The molecule has 1 aliphatic carbocycles. The van der Waals surface area contributed by atoms with Crippen molar-refractivity contribution < 1.29 is 12.8 Å². The number of hydrogen-bond acceptors (Lipinski definition) is 4. The number of sulfonamides is 1. The number of furan rings is 1. The molecule has 1 N–H and O–H groups in total. The van der Waals surface area contributed by atoms with Crippen LogP contribution in [0.5, 0.6) is 0 Å². The van der Waals surface area contributed by atoms with Crippen molar-refractivity contribution in [2.24, 2.45) is 5.92 Å². The normalized spacial score (nSPS) is 16.2. The van der Waals surface area contributed by atoms with E-state index >= 15 is 0 Å². The van der Waals surface area contributed by atoms with Gasteiger partial charge >= 0.3 is 0 Å². The lowest BCUT2D eigenvalue weighted by Crippen LogP contribution is -2.28. The van der Waals surface area contributed by atoms with Gasteiger partial charge in [0.05, 0.1) is 6.54 Å². The average molecular weight is 351 g/mol. The number of hydrogen-bond donors (Lipinski definition) is 1. The van der Waals surface area contributed by atoms with Crippen LogP contribution < -0.4 is 5.32 Å². The first-order valence-electron chi connectivity index (χ1n) is 6.40. The van der Waals surface area contributed by atoms with Crippen molar-refractivity contribution in [3.05, 3.63) is 16.5 Å². The summed E-state index contributed by atoms with van der Waals surface area (Å²) in [4.78, 5) is 0.212. The van der Waals surface area contributed by atoms with Crippen molar-refractivity contribution >= 4 is 26.0 Å². The predicted molar refractivity (Wildman–Crippen MR) is 76.3 cm³/mol. The second-order valence-corrected chi connectivity index (χ2v) is 7.59. The van der Waals surface area contributed by atoms with Crippen LogP contribution in [0.3, 0.4) is 0 Å². The molecule has 0 bridgehead atoms. The maximum Gasteiger partial charge on any atom is 0.247 e. The summed E-state index contributed by atoms with van der Waals surface area (Å²) >= 11 is 3.19. The molecular weight excluding hydrogens is 332 g/mol. The van der Waals surface area contributed by atoms with Gasteiger partial charge in [-0.05, 0) is 41.2 Å². The maximum atomic E-state index is 12.4. The van der Waals surface area contributed by atoms with Crippen molar-refractivity contribution in [2.45, 2.75) is 31.2 Å². The molecular formula is C12H19BrN2O3S. The third kappa shape index (κ3) is 3.59. The average Bonchev–Trinajstić information content (AvgIpc) is 3.08. The molecule has 1 saturated carbocycles. The van der Waals surface area contributed by atoms with Gasteiger partial charge in [0.15, 0.2) is 4.67 Å². The number of rotatable bonds is 7. The molecule has 1 fully saturated rings. The zero-order valence-electron chi connectivity index (χ0n) is 11.1.